The fourth-order valence-electron chi connectivity index (χ4n) is 1.40. The van der Waals surface area contributed by atoms with Crippen LogP contribution in [0.3, 0.4) is 0 Å². The molecule has 0 atom stereocenters. The topological polar surface area (TPSA) is 85.8 Å². The van der Waals surface area contributed by atoms with E-state index in [2.05, 4.69) is 15.6 Å². The van der Waals surface area contributed by atoms with Gasteiger partial charge in [0.15, 0.2) is 5.82 Å². The van der Waals surface area contributed by atoms with Crippen molar-refractivity contribution in [3.8, 4) is 0 Å². The highest BCUT2D eigenvalue weighted by atomic mass is 19.1. The summed E-state index contributed by atoms with van der Waals surface area (Å²) >= 11 is 0. The van der Waals surface area contributed by atoms with E-state index in [-0.39, 0.29) is 24.1 Å². The second-order valence-electron chi connectivity index (χ2n) is 3.74. The first kappa shape index (κ1) is 12.0. The van der Waals surface area contributed by atoms with Crippen molar-refractivity contribution in [2.45, 2.75) is 13.1 Å². The second-order valence-corrected chi connectivity index (χ2v) is 3.74. The normalized spacial score (nSPS) is 10.3. The van der Waals surface area contributed by atoms with Crippen LogP contribution in [-0.2, 0) is 17.9 Å². The molecule has 0 bridgehead atoms. The molecule has 0 aliphatic carbocycles. The van der Waals surface area contributed by atoms with Crippen LogP contribution in [0, 0.1) is 5.82 Å². The molecule has 1 amide bonds. The Morgan fingerprint density at radius 1 is 1.39 bits per heavy atom. The van der Waals surface area contributed by atoms with Crippen LogP contribution in [0.4, 0.5) is 10.2 Å². The zero-order valence-electron chi connectivity index (χ0n) is 9.51. The van der Waals surface area contributed by atoms with E-state index < -0.39 is 0 Å². The third kappa shape index (κ3) is 3.27. The van der Waals surface area contributed by atoms with Gasteiger partial charge in [0.2, 0.25) is 5.91 Å². The van der Waals surface area contributed by atoms with Crippen LogP contribution in [-0.4, -0.2) is 20.9 Å². The molecule has 3 N–H and O–H groups in total. The summed E-state index contributed by atoms with van der Waals surface area (Å²) in [4.78, 5) is 11.5. The number of carbonyl (C=O) groups is 1. The number of nitrogen functional groups attached to an aromatic ring is 1. The number of aromatic nitrogens is 3. The van der Waals surface area contributed by atoms with Crippen LogP contribution in [0.2, 0.25) is 0 Å². The lowest BCUT2D eigenvalue weighted by Crippen LogP contribution is -2.27. The quantitative estimate of drug-likeness (QED) is 0.816. The van der Waals surface area contributed by atoms with Crippen molar-refractivity contribution < 1.29 is 9.18 Å². The van der Waals surface area contributed by atoms with Crippen LogP contribution in [0.1, 0.15) is 5.56 Å². The van der Waals surface area contributed by atoms with E-state index in [9.17, 15) is 9.18 Å². The zero-order chi connectivity index (χ0) is 13.0. The van der Waals surface area contributed by atoms with E-state index in [1.807, 2.05) is 0 Å². The molecular weight excluding hydrogens is 237 g/mol. The van der Waals surface area contributed by atoms with Crippen LogP contribution in [0.15, 0.2) is 30.5 Å². The van der Waals surface area contributed by atoms with Crippen molar-refractivity contribution in [1.82, 2.24) is 20.3 Å². The molecular formula is C11H12FN5O. The maximum Gasteiger partial charge on any atom is 0.242 e. The molecule has 0 aliphatic rings. The summed E-state index contributed by atoms with van der Waals surface area (Å²) in [6.07, 6.45) is 1.47. The molecule has 0 aliphatic heterocycles. The molecule has 2 aromatic rings. The maximum absolute atomic E-state index is 12.7. The molecule has 1 aromatic heterocycles. The Bertz CT molecular complexity index is 537. The highest BCUT2D eigenvalue weighted by Crippen LogP contribution is 2.02. The molecule has 1 aromatic carbocycles. The lowest BCUT2D eigenvalue weighted by atomic mass is 10.2. The number of hydrogen-bond acceptors (Lipinski definition) is 4. The van der Waals surface area contributed by atoms with Crippen LogP contribution in [0.25, 0.3) is 0 Å². The van der Waals surface area contributed by atoms with Crippen molar-refractivity contribution in [2.24, 2.45) is 0 Å². The van der Waals surface area contributed by atoms with Gasteiger partial charge in [-0.2, -0.15) is 0 Å². The molecule has 6 nitrogen and oxygen atoms in total. The Morgan fingerprint density at radius 2 is 2.11 bits per heavy atom. The van der Waals surface area contributed by atoms with Gasteiger partial charge in [0.1, 0.15) is 12.4 Å². The minimum absolute atomic E-state index is 0.0470. The molecule has 2 rings (SSSR count). The van der Waals surface area contributed by atoms with E-state index >= 15 is 0 Å². The SMILES string of the molecule is Nc1cn(CC(=O)NCc2ccc(F)cc2)nn1. The molecule has 0 unspecified atom stereocenters. The molecule has 0 radical (unpaired) electrons. The summed E-state index contributed by atoms with van der Waals surface area (Å²) in [5.41, 5.74) is 6.19. The highest BCUT2D eigenvalue weighted by molar-refractivity contribution is 5.75. The largest absolute Gasteiger partial charge is 0.381 e. The molecule has 0 spiro atoms. The van der Waals surface area contributed by atoms with E-state index in [4.69, 9.17) is 5.73 Å². The van der Waals surface area contributed by atoms with Crippen molar-refractivity contribution in [3.05, 3.63) is 41.8 Å². The zero-order valence-corrected chi connectivity index (χ0v) is 9.51. The molecule has 0 fully saturated rings. The van der Waals surface area contributed by atoms with Gasteiger partial charge >= 0.3 is 0 Å². The van der Waals surface area contributed by atoms with Gasteiger partial charge in [-0.3, -0.25) is 4.79 Å². The number of halogens is 1. The van der Waals surface area contributed by atoms with Crippen LogP contribution in [0.5, 0.6) is 0 Å². The molecule has 18 heavy (non-hydrogen) atoms. The van der Waals surface area contributed by atoms with E-state index in [0.717, 1.165) is 5.56 Å². The first-order valence-electron chi connectivity index (χ1n) is 5.30. The summed E-state index contributed by atoms with van der Waals surface area (Å²) in [6, 6.07) is 5.92. The third-order valence-corrected chi connectivity index (χ3v) is 2.26. The van der Waals surface area contributed by atoms with Crippen LogP contribution >= 0.6 is 0 Å². The summed E-state index contributed by atoms with van der Waals surface area (Å²) < 4.78 is 14.0. The number of nitrogens with two attached hydrogens (primary N) is 1. The first-order valence-corrected chi connectivity index (χ1v) is 5.30. The molecule has 0 saturated carbocycles. The molecule has 94 valence electrons. The number of rotatable bonds is 4. The number of carbonyl (C=O) groups excluding carboxylic acids is 1. The Hall–Kier alpha value is -2.44. The number of hydrogen-bond donors (Lipinski definition) is 2. The van der Waals surface area contributed by atoms with Crippen LogP contribution < -0.4 is 11.1 Å². The average molecular weight is 249 g/mol. The van der Waals surface area contributed by atoms with Crippen molar-refractivity contribution in [1.29, 1.82) is 0 Å². The minimum Gasteiger partial charge on any atom is -0.381 e. The summed E-state index contributed by atoms with van der Waals surface area (Å²) in [7, 11) is 0. The van der Waals surface area contributed by atoms with Gasteiger partial charge in [0.05, 0.1) is 6.20 Å². The van der Waals surface area contributed by atoms with E-state index in [0.29, 0.717) is 6.54 Å². The standard InChI is InChI=1S/C11H12FN5O/c12-9-3-1-8(2-4-9)5-14-11(18)7-17-6-10(13)15-16-17/h1-4,6H,5,7,13H2,(H,14,18). The Kier molecular flexibility index (Phi) is 3.52. The number of nitrogens with zero attached hydrogens (tertiary/aromatic N) is 3. The van der Waals surface area contributed by atoms with Gasteiger partial charge in [-0.25, -0.2) is 9.07 Å². The van der Waals surface area contributed by atoms with Gasteiger partial charge in [0, 0.05) is 6.54 Å². The Labute approximate surface area is 103 Å². The van der Waals surface area contributed by atoms with E-state index in [1.54, 1.807) is 12.1 Å². The number of anilines is 1. The fraction of sp³-hybridized carbons (Fsp3) is 0.182. The predicted molar refractivity (Wildman–Crippen MR) is 62.7 cm³/mol. The number of nitrogens with one attached hydrogen (secondary N) is 1. The van der Waals surface area contributed by atoms with E-state index in [1.165, 1.54) is 23.0 Å². The number of amides is 1. The third-order valence-electron chi connectivity index (χ3n) is 2.26. The second kappa shape index (κ2) is 5.26. The lowest BCUT2D eigenvalue weighted by Gasteiger charge is -2.04. The van der Waals surface area contributed by atoms with Gasteiger partial charge in [-0.15, -0.1) is 5.10 Å². The Balaban J connectivity index is 1.83. The number of benzene rings is 1. The van der Waals surface area contributed by atoms with Gasteiger partial charge < -0.3 is 11.1 Å². The first-order chi connectivity index (χ1) is 8.63. The van der Waals surface area contributed by atoms with Crippen molar-refractivity contribution in [3.63, 3.8) is 0 Å². The van der Waals surface area contributed by atoms with Gasteiger partial charge in [-0.1, -0.05) is 17.3 Å². The predicted octanol–water partition coefficient (Wildman–Crippen LogP) is 0.316. The van der Waals surface area contributed by atoms with Gasteiger partial charge in [0.25, 0.3) is 0 Å². The fourth-order valence-corrected chi connectivity index (χ4v) is 1.40. The minimum atomic E-state index is -0.303. The smallest absolute Gasteiger partial charge is 0.242 e. The Morgan fingerprint density at radius 3 is 2.72 bits per heavy atom. The van der Waals surface area contributed by atoms with Crippen molar-refractivity contribution in [2.75, 3.05) is 5.73 Å². The lowest BCUT2D eigenvalue weighted by molar-refractivity contribution is -0.122. The van der Waals surface area contributed by atoms with Crippen molar-refractivity contribution >= 4 is 11.7 Å². The highest BCUT2D eigenvalue weighted by Gasteiger charge is 2.04. The molecule has 7 heteroatoms. The molecule has 0 saturated heterocycles. The maximum atomic E-state index is 12.7. The summed E-state index contributed by atoms with van der Waals surface area (Å²) in [6.45, 7) is 0.384. The monoisotopic (exact) mass is 249 g/mol. The average Bonchev–Trinajstić information content (AvgIpc) is 2.74. The summed E-state index contributed by atoms with van der Waals surface area (Å²) in [5, 5.41) is 9.91. The summed E-state index contributed by atoms with van der Waals surface area (Å²) in [5.74, 6) is -0.256. The molecule has 1 heterocycles. The van der Waals surface area contributed by atoms with Gasteiger partial charge in [-0.05, 0) is 17.7 Å².